The lowest BCUT2D eigenvalue weighted by Crippen LogP contribution is -2.26. The number of carbonyl (C=O) groups excluding carboxylic acids is 1. The number of anilines is 1. The van der Waals surface area contributed by atoms with Gasteiger partial charge in [0.2, 0.25) is 15.9 Å². The molecule has 1 saturated carbocycles. The molecule has 1 aliphatic rings. The van der Waals surface area contributed by atoms with Crippen molar-refractivity contribution in [3.8, 4) is 0 Å². The van der Waals surface area contributed by atoms with E-state index in [-0.39, 0.29) is 40.3 Å². The predicted molar refractivity (Wildman–Crippen MR) is 84.5 cm³/mol. The molecule has 0 atom stereocenters. The molecule has 0 spiro atoms. The molecule has 22 heavy (non-hydrogen) atoms. The van der Waals surface area contributed by atoms with Crippen LogP contribution in [0.4, 0.5) is 5.69 Å². The molecule has 0 unspecified atom stereocenters. The maximum Gasteiger partial charge on any atom is 0.250 e. The summed E-state index contributed by atoms with van der Waals surface area (Å²) in [6.07, 6.45) is 1.63. The molecule has 2 rings (SSSR count). The number of hydrogen-bond donors (Lipinski definition) is 2. The van der Waals surface area contributed by atoms with Crippen LogP contribution in [0.3, 0.4) is 0 Å². The fraction of sp³-hybridized carbons (Fsp3) is 0.500. The Labute approximate surface area is 135 Å². The van der Waals surface area contributed by atoms with Crippen molar-refractivity contribution in [3.05, 3.63) is 23.2 Å². The van der Waals surface area contributed by atoms with Gasteiger partial charge in [-0.15, -0.1) is 0 Å². The van der Waals surface area contributed by atoms with E-state index in [0.29, 0.717) is 0 Å². The Hall–Kier alpha value is -1.15. The minimum absolute atomic E-state index is 0.0122. The SMILES string of the molecule is CC(C)OCC(=O)Nc1cc(S(=O)(=O)NC2CC2)ccc1Cl. The third-order valence-corrected chi connectivity index (χ3v) is 4.82. The zero-order chi connectivity index (χ0) is 16.3. The molecule has 122 valence electrons. The van der Waals surface area contributed by atoms with Gasteiger partial charge in [-0.2, -0.15) is 0 Å². The molecule has 1 fully saturated rings. The maximum atomic E-state index is 12.2. The highest BCUT2D eigenvalue weighted by molar-refractivity contribution is 7.89. The highest BCUT2D eigenvalue weighted by Crippen LogP contribution is 2.27. The Morgan fingerprint density at radius 1 is 1.41 bits per heavy atom. The lowest BCUT2D eigenvalue weighted by atomic mass is 10.3. The fourth-order valence-corrected chi connectivity index (χ4v) is 3.18. The van der Waals surface area contributed by atoms with Crippen molar-refractivity contribution in [1.82, 2.24) is 4.72 Å². The average Bonchev–Trinajstić information content (AvgIpc) is 3.22. The fourth-order valence-electron chi connectivity index (χ4n) is 1.68. The van der Waals surface area contributed by atoms with Gasteiger partial charge >= 0.3 is 0 Å². The number of halogens is 1. The van der Waals surface area contributed by atoms with Crippen LogP contribution in [-0.2, 0) is 19.6 Å². The van der Waals surface area contributed by atoms with E-state index in [2.05, 4.69) is 10.0 Å². The van der Waals surface area contributed by atoms with E-state index in [4.69, 9.17) is 16.3 Å². The van der Waals surface area contributed by atoms with Crippen molar-refractivity contribution >= 4 is 33.2 Å². The largest absolute Gasteiger partial charge is 0.369 e. The minimum atomic E-state index is -3.59. The number of hydrogen-bond acceptors (Lipinski definition) is 4. The van der Waals surface area contributed by atoms with E-state index in [1.165, 1.54) is 18.2 Å². The molecule has 0 bridgehead atoms. The second-order valence-electron chi connectivity index (χ2n) is 5.45. The second kappa shape index (κ2) is 6.95. The molecule has 6 nitrogen and oxygen atoms in total. The molecule has 0 heterocycles. The molecule has 1 aromatic rings. The molecule has 0 aromatic heterocycles. The van der Waals surface area contributed by atoms with E-state index >= 15 is 0 Å². The van der Waals surface area contributed by atoms with Crippen molar-refractivity contribution in [2.75, 3.05) is 11.9 Å². The molecule has 0 saturated heterocycles. The van der Waals surface area contributed by atoms with Crippen LogP contribution in [0.5, 0.6) is 0 Å². The lowest BCUT2D eigenvalue weighted by molar-refractivity contribution is -0.121. The quantitative estimate of drug-likeness (QED) is 0.792. The topological polar surface area (TPSA) is 84.5 Å². The van der Waals surface area contributed by atoms with Crippen LogP contribution in [-0.4, -0.2) is 33.1 Å². The van der Waals surface area contributed by atoms with Crippen LogP contribution >= 0.6 is 11.6 Å². The van der Waals surface area contributed by atoms with E-state index < -0.39 is 10.0 Å². The van der Waals surface area contributed by atoms with Crippen LogP contribution in [0.15, 0.2) is 23.1 Å². The van der Waals surface area contributed by atoms with E-state index in [9.17, 15) is 13.2 Å². The average molecular weight is 347 g/mol. The first-order valence-corrected chi connectivity index (χ1v) is 8.87. The van der Waals surface area contributed by atoms with Crippen LogP contribution in [0, 0.1) is 0 Å². The third kappa shape index (κ3) is 4.95. The first-order valence-electron chi connectivity index (χ1n) is 7.01. The lowest BCUT2D eigenvalue weighted by Gasteiger charge is -2.12. The maximum absolute atomic E-state index is 12.2. The van der Waals surface area contributed by atoms with Crippen LogP contribution in [0.25, 0.3) is 0 Å². The van der Waals surface area contributed by atoms with Gasteiger partial charge in [-0.3, -0.25) is 4.79 Å². The molecule has 1 aromatic carbocycles. The summed E-state index contributed by atoms with van der Waals surface area (Å²) in [6.45, 7) is 3.51. The number of rotatable bonds is 7. The number of sulfonamides is 1. The van der Waals surface area contributed by atoms with Crippen LogP contribution in [0.2, 0.25) is 5.02 Å². The van der Waals surface area contributed by atoms with Crippen molar-refractivity contribution in [2.24, 2.45) is 0 Å². The Morgan fingerprint density at radius 2 is 2.09 bits per heavy atom. The first-order chi connectivity index (χ1) is 10.3. The van der Waals surface area contributed by atoms with Gasteiger partial charge in [0.1, 0.15) is 6.61 Å². The Morgan fingerprint density at radius 3 is 2.68 bits per heavy atom. The zero-order valence-corrected chi connectivity index (χ0v) is 14.0. The van der Waals surface area contributed by atoms with E-state index in [1.807, 2.05) is 13.8 Å². The summed E-state index contributed by atoms with van der Waals surface area (Å²) in [5.41, 5.74) is 0.248. The third-order valence-electron chi connectivity index (χ3n) is 2.97. The van der Waals surface area contributed by atoms with E-state index in [1.54, 1.807) is 0 Å². The molecule has 2 N–H and O–H groups in total. The van der Waals surface area contributed by atoms with E-state index in [0.717, 1.165) is 12.8 Å². The molecular formula is C14H19ClN2O4S. The van der Waals surface area contributed by atoms with Crippen LogP contribution < -0.4 is 10.0 Å². The molecule has 1 amide bonds. The normalized spacial score (nSPS) is 15.1. The van der Waals surface area contributed by atoms with Gasteiger partial charge in [0, 0.05) is 6.04 Å². The standard InChI is InChI=1S/C14H19ClN2O4S/c1-9(2)21-8-14(18)16-13-7-11(5-6-12(13)15)22(19,20)17-10-3-4-10/h5-7,9-10,17H,3-4,8H2,1-2H3,(H,16,18). The number of ether oxygens (including phenoxy) is 1. The molecule has 8 heteroatoms. The van der Waals surface area contributed by atoms with Crippen molar-refractivity contribution < 1.29 is 17.9 Å². The van der Waals surface area contributed by atoms with Gasteiger partial charge in [-0.05, 0) is 44.9 Å². The number of amides is 1. The van der Waals surface area contributed by atoms with Gasteiger partial charge in [-0.25, -0.2) is 13.1 Å². The minimum Gasteiger partial charge on any atom is -0.369 e. The van der Waals surface area contributed by atoms with Crippen molar-refractivity contribution in [1.29, 1.82) is 0 Å². The Balaban J connectivity index is 2.11. The number of benzene rings is 1. The van der Waals surface area contributed by atoms with Gasteiger partial charge in [-0.1, -0.05) is 11.6 Å². The van der Waals surface area contributed by atoms with Crippen LogP contribution in [0.1, 0.15) is 26.7 Å². The number of carbonyl (C=O) groups is 1. The van der Waals surface area contributed by atoms with Gasteiger partial charge in [0.05, 0.1) is 21.7 Å². The molecular weight excluding hydrogens is 328 g/mol. The predicted octanol–water partition coefficient (Wildman–Crippen LogP) is 2.14. The number of nitrogens with one attached hydrogen (secondary N) is 2. The smallest absolute Gasteiger partial charge is 0.250 e. The van der Waals surface area contributed by atoms with Crippen molar-refractivity contribution in [3.63, 3.8) is 0 Å². The summed E-state index contributed by atoms with van der Waals surface area (Å²) in [5, 5.41) is 2.83. The van der Waals surface area contributed by atoms with Gasteiger partial charge < -0.3 is 10.1 Å². The monoisotopic (exact) mass is 346 g/mol. The summed E-state index contributed by atoms with van der Waals surface area (Å²) in [7, 11) is -3.59. The molecule has 0 aliphatic heterocycles. The Bertz CT molecular complexity index is 657. The highest BCUT2D eigenvalue weighted by atomic mass is 35.5. The van der Waals surface area contributed by atoms with Crippen molar-refractivity contribution in [2.45, 2.75) is 43.7 Å². The molecule has 0 radical (unpaired) electrons. The highest BCUT2D eigenvalue weighted by Gasteiger charge is 2.28. The first kappa shape index (κ1) is 17.2. The summed E-state index contributed by atoms with van der Waals surface area (Å²) in [6, 6.07) is 4.22. The molecule has 1 aliphatic carbocycles. The zero-order valence-electron chi connectivity index (χ0n) is 12.4. The summed E-state index contributed by atoms with van der Waals surface area (Å²) >= 11 is 6.00. The summed E-state index contributed by atoms with van der Waals surface area (Å²) in [4.78, 5) is 11.8. The van der Waals surface area contributed by atoms with Gasteiger partial charge in [0.15, 0.2) is 0 Å². The Kier molecular flexibility index (Phi) is 5.44. The second-order valence-corrected chi connectivity index (χ2v) is 7.57. The van der Waals surface area contributed by atoms with Gasteiger partial charge in [0.25, 0.3) is 0 Å². The summed E-state index contributed by atoms with van der Waals surface area (Å²) < 4.78 is 32.1. The summed E-state index contributed by atoms with van der Waals surface area (Å²) in [5.74, 6) is -0.389.